The Balaban J connectivity index is 1.48. The van der Waals surface area contributed by atoms with Crippen LogP contribution in [0.2, 0.25) is 0 Å². The standard InChI is InChI=1S/C18H31N3O3/c22-17(19-14-3-1-2-4-14)21-15-5-7-18(23,8-6-15)16(21)13-20-9-11-24-12-10-20/h14-16,23H,1-13H2,(H,19,22). The summed E-state index contributed by atoms with van der Waals surface area (Å²) in [5.74, 6) is 0. The van der Waals surface area contributed by atoms with Crippen LogP contribution >= 0.6 is 0 Å². The highest BCUT2D eigenvalue weighted by molar-refractivity contribution is 5.76. The molecule has 1 atom stereocenters. The predicted molar refractivity (Wildman–Crippen MR) is 90.9 cm³/mol. The zero-order chi connectivity index (χ0) is 16.6. The zero-order valence-corrected chi connectivity index (χ0v) is 14.6. The molecular formula is C18H31N3O3. The lowest BCUT2D eigenvalue weighted by atomic mass is 9.71. The molecule has 0 spiro atoms. The van der Waals surface area contributed by atoms with Crippen molar-refractivity contribution in [1.82, 2.24) is 15.1 Å². The third-order valence-electron chi connectivity index (χ3n) is 6.62. The Kier molecular flexibility index (Phi) is 4.71. The number of morpholine rings is 1. The van der Waals surface area contributed by atoms with Crippen molar-refractivity contribution in [3.05, 3.63) is 0 Å². The van der Waals surface area contributed by atoms with Gasteiger partial charge in [0, 0.05) is 31.7 Å². The third-order valence-corrected chi connectivity index (χ3v) is 6.62. The fraction of sp³-hybridized carbons (Fsp3) is 0.944. The predicted octanol–water partition coefficient (Wildman–Crippen LogP) is 1.33. The first kappa shape index (κ1) is 16.6. The van der Waals surface area contributed by atoms with Gasteiger partial charge in [-0.25, -0.2) is 4.79 Å². The second-order valence-corrected chi connectivity index (χ2v) is 8.10. The maximum atomic E-state index is 13.0. The van der Waals surface area contributed by atoms with Crippen LogP contribution in [-0.2, 0) is 4.74 Å². The number of hydrogen-bond acceptors (Lipinski definition) is 4. The van der Waals surface area contributed by atoms with E-state index in [9.17, 15) is 9.90 Å². The maximum absolute atomic E-state index is 13.0. The molecule has 2 saturated carbocycles. The molecule has 3 aliphatic heterocycles. The van der Waals surface area contributed by atoms with Crippen molar-refractivity contribution in [3.63, 3.8) is 0 Å². The molecule has 0 aromatic rings. The molecule has 0 aromatic carbocycles. The molecule has 6 nitrogen and oxygen atoms in total. The number of fused-ring (bicyclic) bond motifs is 3. The fourth-order valence-corrected chi connectivity index (χ4v) is 5.14. The molecule has 2 bridgehead atoms. The Hall–Kier alpha value is -0.850. The lowest BCUT2D eigenvalue weighted by Gasteiger charge is -2.57. The number of nitrogens with one attached hydrogen (secondary N) is 1. The Bertz CT molecular complexity index is 452. The molecule has 3 saturated heterocycles. The number of nitrogens with zero attached hydrogens (tertiary/aromatic N) is 2. The van der Waals surface area contributed by atoms with Crippen molar-refractivity contribution in [3.8, 4) is 0 Å². The smallest absolute Gasteiger partial charge is 0.318 e. The molecule has 5 fully saturated rings. The van der Waals surface area contributed by atoms with Crippen molar-refractivity contribution >= 4 is 6.03 Å². The number of carbonyl (C=O) groups excluding carboxylic acids is 1. The van der Waals surface area contributed by atoms with Crippen molar-refractivity contribution in [1.29, 1.82) is 0 Å². The lowest BCUT2D eigenvalue weighted by Crippen LogP contribution is -2.70. The van der Waals surface area contributed by atoms with E-state index in [2.05, 4.69) is 10.2 Å². The number of piperidine rings is 2. The van der Waals surface area contributed by atoms with Crippen LogP contribution in [-0.4, -0.2) is 77.5 Å². The van der Waals surface area contributed by atoms with Gasteiger partial charge in [-0.2, -0.15) is 0 Å². The fourth-order valence-electron chi connectivity index (χ4n) is 5.14. The molecular weight excluding hydrogens is 306 g/mol. The van der Waals surface area contributed by atoms with E-state index in [0.29, 0.717) is 12.1 Å². The van der Waals surface area contributed by atoms with Crippen LogP contribution in [0.1, 0.15) is 51.4 Å². The topological polar surface area (TPSA) is 65.0 Å². The molecule has 2 amide bonds. The number of hydrogen-bond donors (Lipinski definition) is 2. The number of amides is 2. The van der Waals surface area contributed by atoms with Gasteiger partial charge in [-0.15, -0.1) is 0 Å². The van der Waals surface area contributed by atoms with Crippen molar-refractivity contribution in [2.24, 2.45) is 0 Å². The molecule has 136 valence electrons. The Morgan fingerprint density at radius 2 is 1.79 bits per heavy atom. The van der Waals surface area contributed by atoms with E-state index in [1.807, 2.05) is 4.90 Å². The quantitative estimate of drug-likeness (QED) is 0.815. The largest absolute Gasteiger partial charge is 0.388 e. The van der Waals surface area contributed by atoms with Gasteiger partial charge in [-0.3, -0.25) is 4.90 Å². The number of aliphatic hydroxyl groups is 1. The molecule has 2 N–H and O–H groups in total. The van der Waals surface area contributed by atoms with Crippen LogP contribution in [0.3, 0.4) is 0 Å². The van der Waals surface area contributed by atoms with E-state index in [-0.39, 0.29) is 12.1 Å². The van der Waals surface area contributed by atoms with Crippen molar-refractivity contribution < 1.29 is 14.6 Å². The van der Waals surface area contributed by atoms with Crippen LogP contribution < -0.4 is 5.32 Å². The van der Waals surface area contributed by atoms with E-state index >= 15 is 0 Å². The van der Waals surface area contributed by atoms with Gasteiger partial charge in [0.2, 0.25) is 0 Å². The summed E-state index contributed by atoms with van der Waals surface area (Å²) in [7, 11) is 0. The van der Waals surface area contributed by atoms with E-state index in [1.54, 1.807) is 0 Å². The minimum atomic E-state index is -0.708. The molecule has 3 heterocycles. The summed E-state index contributed by atoms with van der Waals surface area (Å²) in [6.07, 6.45) is 8.18. The first-order valence-corrected chi connectivity index (χ1v) is 9.77. The second kappa shape index (κ2) is 6.81. The highest BCUT2D eigenvalue weighted by Gasteiger charge is 2.53. The summed E-state index contributed by atoms with van der Waals surface area (Å²) in [6, 6.07) is 0.607. The summed E-state index contributed by atoms with van der Waals surface area (Å²) in [5, 5.41) is 14.5. The minimum absolute atomic E-state index is 0.0583. The highest BCUT2D eigenvalue weighted by Crippen LogP contribution is 2.43. The van der Waals surface area contributed by atoms with Crippen LogP contribution in [0.5, 0.6) is 0 Å². The Labute approximate surface area is 144 Å². The van der Waals surface area contributed by atoms with E-state index in [0.717, 1.165) is 71.4 Å². The van der Waals surface area contributed by atoms with Crippen LogP contribution in [0.25, 0.3) is 0 Å². The summed E-state index contributed by atoms with van der Waals surface area (Å²) in [5.41, 5.74) is -0.708. The summed E-state index contributed by atoms with van der Waals surface area (Å²) >= 11 is 0. The number of rotatable bonds is 3. The van der Waals surface area contributed by atoms with Gasteiger partial charge < -0.3 is 20.1 Å². The molecule has 0 radical (unpaired) electrons. The SMILES string of the molecule is O=C(NC1CCCC1)N1C2CCC(O)(CC2)C1CN1CCOCC1. The van der Waals surface area contributed by atoms with E-state index in [1.165, 1.54) is 12.8 Å². The van der Waals surface area contributed by atoms with Gasteiger partial charge in [-0.1, -0.05) is 12.8 Å². The lowest BCUT2D eigenvalue weighted by molar-refractivity contribution is -0.136. The minimum Gasteiger partial charge on any atom is -0.388 e. The summed E-state index contributed by atoms with van der Waals surface area (Å²) < 4.78 is 5.44. The third kappa shape index (κ3) is 3.16. The van der Waals surface area contributed by atoms with Gasteiger partial charge in [0.25, 0.3) is 0 Å². The number of urea groups is 1. The van der Waals surface area contributed by atoms with E-state index in [4.69, 9.17) is 4.74 Å². The van der Waals surface area contributed by atoms with Gasteiger partial charge in [-0.05, 0) is 38.5 Å². The molecule has 24 heavy (non-hydrogen) atoms. The van der Waals surface area contributed by atoms with Crippen LogP contribution in [0, 0.1) is 0 Å². The van der Waals surface area contributed by atoms with Gasteiger partial charge in [0.15, 0.2) is 0 Å². The maximum Gasteiger partial charge on any atom is 0.318 e. The number of ether oxygens (including phenoxy) is 1. The summed E-state index contributed by atoms with van der Waals surface area (Å²) in [4.78, 5) is 17.4. The Morgan fingerprint density at radius 3 is 2.46 bits per heavy atom. The van der Waals surface area contributed by atoms with Crippen molar-refractivity contribution in [2.75, 3.05) is 32.8 Å². The van der Waals surface area contributed by atoms with Gasteiger partial charge >= 0.3 is 6.03 Å². The average molecular weight is 337 g/mol. The molecule has 0 aromatic heterocycles. The monoisotopic (exact) mass is 337 g/mol. The van der Waals surface area contributed by atoms with Gasteiger partial charge in [0.05, 0.1) is 24.9 Å². The van der Waals surface area contributed by atoms with Crippen LogP contribution in [0.15, 0.2) is 0 Å². The first-order chi connectivity index (χ1) is 11.7. The number of carbonyl (C=O) groups is 1. The molecule has 2 aliphatic carbocycles. The normalized spacial score (nSPS) is 37.8. The van der Waals surface area contributed by atoms with Gasteiger partial charge in [0.1, 0.15) is 0 Å². The molecule has 6 heteroatoms. The molecule has 5 aliphatic rings. The molecule has 1 unspecified atom stereocenters. The average Bonchev–Trinajstić information content (AvgIpc) is 3.10. The highest BCUT2D eigenvalue weighted by atomic mass is 16.5. The summed E-state index contributed by atoms with van der Waals surface area (Å²) in [6.45, 7) is 4.07. The molecule has 5 rings (SSSR count). The zero-order valence-electron chi connectivity index (χ0n) is 14.6. The van der Waals surface area contributed by atoms with Crippen LogP contribution in [0.4, 0.5) is 4.79 Å². The second-order valence-electron chi connectivity index (χ2n) is 8.10. The first-order valence-electron chi connectivity index (χ1n) is 9.77. The van der Waals surface area contributed by atoms with E-state index < -0.39 is 5.60 Å². The van der Waals surface area contributed by atoms with Crippen molar-refractivity contribution in [2.45, 2.75) is 75.1 Å². The Morgan fingerprint density at radius 1 is 1.12 bits per heavy atom.